The molecule has 4 aliphatic heterocycles. The third-order valence-electron chi connectivity index (χ3n) is 7.25. The van der Waals surface area contributed by atoms with E-state index in [0.29, 0.717) is 17.9 Å². The molecule has 0 radical (unpaired) electrons. The van der Waals surface area contributed by atoms with E-state index in [-0.39, 0.29) is 12.0 Å². The first-order chi connectivity index (χ1) is 12.6. The fourth-order valence-electron chi connectivity index (χ4n) is 6.01. The third kappa shape index (κ3) is 1.89. The lowest BCUT2D eigenvalue weighted by Crippen LogP contribution is -2.50. The van der Waals surface area contributed by atoms with E-state index in [4.69, 9.17) is 9.57 Å². The van der Waals surface area contributed by atoms with Crippen molar-refractivity contribution < 1.29 is 14.4 Å². The van der Waals surface area contributed by atoms with Crippen molar-refractivity contribution in [3.8, 4) is 0 Å². The number of amides is 1. The second-order valence-corrected chi connectivity index (χ2v) is 8.15. The predicted octanol–water partition coefficient (Wildman–Crippen LogP) is 2.52. The van der Waals surface area contributed by atoms with Crippen LogP contribution in [-0.2, 0) is 19.8 Å². The molecule has 1 aliphatic carbocycles. The number of likely N-dealkylation sites (tertiary alicyclic amines) is 1. The topological polar surface area (TPSA) is 42.0 Å². The van der Waals surface area contributed by atoms with Crippen molar-refractivity contribution in [3.63, 3.8) is 0 Å². The van der Waals surface area contributed by atoms with Gasteiger partial charge < -0.3 is 4.74 Å². The number of carbonyl (C=O) groups is 1. The van der Waals surface area contributed by atoms with Crippen LogP contribution in [0.1, 0.15) is 25.3 Å². The van der Waals surface area contributed by atoms with E-state index in [0.717, 1.165) is 37.2 Å². The number of benzene rings is 1. The number of hydroxylamine groups is 1. The van der Waals surface area contributed by atoms with Crippen molar-refractivity contribution in [2.75, 3.05) is 32.4 Å². The Hall–Kier alpha value is -1.69. The molecule has 4 bridgehead atoms. The monoisotopic (exact) mass is 354 g/mol. The SMILES string of the molecule is C/C=C1\CN(C)[C@@H]2C[C@@]3(C(=O)N(OC)c4ccccc43)[C@H]3C[C@H]1[C@H]2CO3. The van der Waals surface area contributed by atoms with Gasteiger partial charge in [0.05, 0.1) is 25.5 Å². The molecule has 4 heterocycles. The van der Waals surface area contributed by atoms with Crippen LogP contribution in [0.15, 0.2) is 35.9 Å². The van der Waals surface area contributed by atoms with Gasteiger partial charge in [-0.15, -0.1) is 0 Å². The number of piperidine rings is 1. The van der Waals surface area contributed by atoms with E-state index < -0.39 is 5.41 Å². The smallest absolute Gasteiger partial charge is 0.264 e. The number of rotatable bonds is 1. The first kappa shape index (κ1) is 16.5. The minimum atomic E-state index is -0.641. The van der Waals surface area contributed by atoms with Gasteiger partial charge in [0.25, 0.3) is 5.91 Å². The molecule has 5 aliphatic rings. The zero-order chi connectivity index (χ0) is 18.1. The molecule has 1 spiro atoms. The summed E-state index contributed by atoms with van der Waals surface area (Å²) in [6.07, 6.45) is 3.91. The lowest BCUT2D eigenvalue weighted by Gasteiger charge is -2.46. The Balaban J connectivity index is 1.70. The van der Waals surface area contributed by atoms with Gasteiger partial charge in [0.15, 0.2) is 0 Å². The molecule has 0 N–H and O–H groups in total. The van der Waals surface area contributed by atoms with E-state index >= 15 is 0 Å². The molecule has 3 saturated heterocycles. The Kier molecular flexibility index (Phi) is 3.58. The van der Waals surface area contributed by atoms with E-state index in [9.17, 15) is 4.79 Å². The first-order valence-electron chi connectivity index (χ1n) is 9.57. The van der Waals surface area contributed by atoms with Gasteiger partial charge in [-0.2, -0.15) is 5.06 Å². The Morgan fingerprint density at radius 1 is 1.35 bits per heavy atom. The molecule has 6 rings (SSSR count). The number of anilines is 1. The second kappa shape index (κ2) is 5.65. The zero-order valence-electron chi connectivity index (χ0n) is 15.6. The number of para-hydroxylation sites is 1. The fourth-order valence-corrected chi connectivity index (χ4v) is 6.01. The maximum Gasteiger partial charge on any atom is 0.264 e. The van der Waals surface area contributed by atoms with E-state index in [2.05, 4.69) is 31.0 Å². The van der Waals surface area contributed by atoms with E-state index in [1.54, 1.807) is 7.11 Å². The van der Waals surface area contributed by atoms with Crippen LogP contribution >= 0.6 is 0 Å². The number of hydrogen-bond donors (Lipinski definition) is 0. The largest absolute Gasteiger partial charge is 0.376 e. The number of hydrogen-bond acceptors (Lipinski definition) is 4. The molecule has 1 saturated carbocycles. The molecule has 26 heavy (non-hydrogen) atoms. The lowest BCUT2D eigenvalue weighted by atomic mass is 9.72. The van der Waals surface area contributed by atoms with Gasteiger partial charge in [-0.3, -0.25) is 14.5 Å². The molecule has 5 nitrogen and oxygen atoms in total. The summed E-state index contributed by atoms with van der Waals surface area (Å²) in [5.41, 5.74) is 2.80. The molecule has 1 aromatic rings. The Morgan fingerprint density at radius 3 is 2.92 bits per heavy atom. The van der Waals surface area contributed by atoms with Crippen LogP contribution < -0.4 is 5.06 Å². The van der Waals surface area contributed by atoms with Crippen molar-refractivity contribution in [1.29, 1.82) is 0 Å². The van der Waals surface area contributed by atoms with Gasteiger partial charge in [0.2, 0.25) is 0 Å². The van der Waals surface area contributed by atoms with Gasteiger partial charge in [-0.05, 0) is 44.4 Å². The van der Waals surface area contributed by atoms with Crippen molar-refractivity contribution in [1.82, 2.24) is 4.90 Å². The molecule has 1 amide bonds. The van der Waals surface area contributed by atoms with Crippen LogP contribution in [0, 0.1) is 11.8 Å². The molecule has 0 aromatic heterocycles. The molecule has 1 aromatic carbocycles. The second-order valence-electron chi connectivity index (χ2n) is 8.15. The molecule has 4 fully saturated rings. The average Bonchev–Trinajstić information content (AvgIpc) is 2.77. The van der Waals surface area contributed by atoms with Crippen molar-refractivity contribution >= 4 is 11.6 Å². The third-order valence-corrected chi connectivity index (χ3v) is 7.25. The minimum absolute atomic E-state index is 0.0369. The highest BCUT2D eigenvalue weighted by Gasteiger charge is 2.63. The quantitative estimate of drug-likeness (QED) is 0.727. The molecule has 0 unspecified atom stereocenters. The molecule has 138 valence electrons. The summed E-state index contributed by atoms with van der Waals surface area (Å²) in [7, 11) is 3.77. The van der Waals surface area contributed by atoms with Gasteiger partial charge in [-0.25, -0.2) is 0 Å². The molecular weight excluding hydrogens is 328 g/mol. The molecule has 5 heteroatoms. The maximum absolute atomic E-state index is 13.6. The van der Waals surface area contributed by atoms with Crippen molar-refractivity contribution in [2.45, 2.75) is 37.3 Å². The summed E-state index contributed by atoms with van der Waals surface area (Å²) in [5, 5.41) is 1.48. The van der Waals surface area contributed by atoms with E-state index in [1.807, 2.05) is 18.2 Å². The van der Waals surface area contributed by atoms with Gasteiger partial charge in [-0.1, -0.05) is 29.8 Å². The summed E-state index contributed by atoms with van der Waals surface area (Å²) < 4.78 is 6.38. The van der Waals surface area contributed by atoms with Crippen LogP contribution in [0.5, 0.6) is 0 Å². The number of ether oxygens (including phenoxy) is 1. The highest BCUT2D eigenvalue weighted by Crippen LogP contribution is 2.57. The Labute approximate surface area is 154 Å². The van der Waals surface area contributed by atoms with Gasteiger partial charge >= 0.3 is 0 Å². The predicted molar refractivity (Wildman–Crippen MR) is 98.7 cm³/mol. The van der Waals surface area contributed by atoms with E-state index in [1.165, 1.54) is 10.6 Å². The van der Waals surface area contributed by atoms with Crippen LogP contribution in [0.2, 0.25) is 0 Å². The average molecular weight is 354 g/mol. The highest BCUT2D eigenvalue weighted by molar-refractivity contribution is 6.07. The standard InChI is InChI=1S/C21H26N2O3/c1-4-13-11-22(2)18-10-21(19-9-14(13)15(18)12-26-19)16-7-5-6-8-17(16)23(25-3)20(21)24/h4-8,14-15,18-19H,9-12H2,1-3H3/b13-4+/t14-,15-,18-,19-,21+/m1/s1. The molecule has 5 atom stereocenters. The minimum Gasteiger partial charge on any atom is -0.376 e. The van der Waals surface area contributed by atoms with Crippen LogP contribution in [-0.4, -0.2) is 50.3 Å². The Morgan fingerprint density at radius 2 is 2.15 bits per heavy atom. The highest BCUT2D eigenvalue weighted by atomic mass is 16.7. The number of nitrogens with zero attached hydrogens (tertiary/aromatic N) is 2. The summed E-state index contributed by atoms with van der Waals surface area (Å²) in [4.78, 5) is 21.6. The lowest BCUT2D eigenvalue weighted by molar-refractivity contribution is -0.137. The molecular formula is C21H26N2O3. The van der Waals surface area contributed by atoms with Crippen LogP contribution in [0.25, 0.3) is 0 Å². The number of allylic oxidation sites excluding steroid dienone is 1. The zero-order valence-corrected chi connectivity index (χ0v) is 15.6. The van der Waals surface area contributed by atoms with Crippen LogP contribution in [0.4, 0.5) is 5.69 Å². The van der Waals surface area contributed by atoms with Crippen LogP contribution in [0.3, 0.4) is 0 Å². The van der Waals surface area contributed by atoms with Crippen molar-refractivity contribution in [2.24, 2.45) is 11.8 Å². The van der Waals surface area contributed by atoms with Crippen molar-refractivity contribution in [3.05, 3.63) is 41.5 Å². The Bertz CT molecular complexity index is 791. The summed E-state index contributed by atoms with van der Waals surface area (Å²) in [5.74, 6) is 1.03. The maximum atomic E-state index is 13.6. The summed E-state index contributed by atoms with van der Waals surface area (Å²) in [6, 6.07) is 8.42. The summed E-state index contributed by atoms with van der Waals surface area (Å²) >= 11 is 0. The number of fused-ring (bicyclic) bond motifs is 2. The normalized spacial score (nSPS) is 40.3. The fraction of sp³-hybridized carbons (Fsp3) is 0.571. The number of likely N-dealkylation sites (N-methyl/N-ethyl adjacent to an activating group) is 1. The van der Waals surface area contributed by atoms with Gasteiger partial charge in [0.1, 0.15) is 5.41 Å². The summed E-state index contributed by atoms with van der Waals surface area (Å²) in [6.45, 7) is 3.88. The number of carbonyl (C=O) groups excluding carboxylic acids is 1. The first-order valence-corrected chi connectivity index (χ1v) is 9.57. The van der Waals surface area contributed by atoms with Gasteiger partial charge in [0, 0.05) is 18.5 Å².